The Balaban J connectivity index is 1.74. The van der Waals surface area contributed by atoms with Gasteiger partial charge in [-0.15, -0.1) is 0 Å². The fraction of sp³-hybridized carbons (Fsp3) is 0.820. The highest BCUT2D eigenvalue weighted by molar-refractivity contribution is 5.89. The van der Waals surface area contributed by atoms with Crippen LogP contribution in [-0.2, 0) is 47.5 Å². The van der Waals surface area contributed by atoms with E-state index in [1.807, 2.05) is 45.8 Å². The topological polar surface area (TPSA) is 184 Å². The second-order valence-corrected chi connectivity index (χ2v) is 19.6. The van der Waals surface area contributed by atoms with Crippen molar-refractivity contribution < 1.29 is 62.5 Å². The Bertz CT molecular complexity index is 1620. The zero-order valence-corrected chi connectivity index (χ0v) is 42.1. The minimum absolute atomic E-state index is 0.0220. The molecule has 1 aromatic carbocycles. The summed E-state index contributed by atoms with van der Waals surface area (Å²) < 4.78 is 51.5. The predicted octanol–water partition coefficient (Wildman–Crippen LogP) is 5.14. The van der Waals surface area contributed by atoms with E-state index < -0.39 is 84.2 Å². The summed E-state index contributed by atoms with van der Waals surface area (Å²) >= 11 is 0. The van der Waals surface area contributed by atoms with Crippen molar-refractivity contribution in [3.05, 3.63) is 35.9 Å². The summed E-state index contributed by atoms with van der Waals surface area (Å²) in [5, 5.41) is 25.0. The third kappa shape index (κ3) is 15.2. The first-order valence-electron chi connectivity index (χ1n) is 24.4. The number of likely N-dealkylation sites (N-methyl/N-ethyl adjacent to an activating group) is 1. The molecule has 16 heteroatoms. The molecule has 3 N–H and O–H groups in total. The van der Waals surface area contributed by atoms with Gasteiger partial charge in [-0.1, -0.05) is 32.0 Å². The van der Waals surface area contributed by atoms with Crippen LogP contribution in [0.1, 0.15) is 124 Å². The van der Waals surface area contributed by atoms with Gasteiger partial charge >= 0.3 is 11.9 Å². The summed E-state index contributed by atoms with van der Waals surface area (Å²) in [5.74, 6) is -3.10. The second kappa shape index (κ2) is 26.4. The summed E-state index contributed by atoms with van der Waals surface area (Å²) in [4.78, 5) is 45.0. The molecule has 3 heterocycles. The number of likely N-dealkylation sites (tertiary alicyclic amines) is 1. The van der Waals surface area contributed by atoms with Crippen molar-refractivity contribution in [3.63, 3.8) is 0 Å². The predicted molar refractivity (Wildman–Crippen MR) is 250 cm³/mol. The van der Waals surface area contributed by atoms with Gasteiger partial charge in [0, 0.05) is 32.6 Å². The average Bonchev–Trinajstić information content (AvgIpc) is 3.82. The van der Waals surface area contributed by atoms with Gasteiger partial charge in [0.05, 0.1) is 59.7 Å². The number of benzene rings is 1. The highest BCUT2D eigenvalue weighted by atomic mass is 16.7. The molecule has 1 aromatic rings. The minimum atomic E-state index is -1.09. The number of carbonyl (C=O) groups excluding carboxylic acids is 3. The van der Waals surface area contributed by atoms with E-state index >= 15 is 0 Å². The number of methoxy groups -OCH3 is 2. The fourth-order valence-corrected chi connectivity index (χ4v) is 9.91. The summed E-state index contributed by atoms with van der Waals surface area (Å²) in [6.07, 6.45) is -1.27. The van der Waals surface area contributed by atoms with Crippen LogP contribution in [0.4, 0.5) is 0 Å². The van der Waals surface area contributed by atoms with Crippen LogP contribution in [0, 0.1) is 11.8 Å². The van der Waals surface area contributed by atoms with Gasteiger partial charge in [0.2, 0.25) is 0 Å². The lowest BCUT2D eigenvalue weighted by Gasteiger charge is -2.49. The maximum Gasteiger partial charge on any atom is 0.338 e. The average molecular weight is 936 g/mol. The number of Topliss-reactive ketones (excluding diaryl/α,β-unsaturated/α-hetero) is 1. The standard InChI is InChI=1S/C50H85N3O13/c1-13-40(35(5)55)63-46(57)34(4)42(64-41-30-50(8,60-12)44(56)36(6)62-41)33(3)45(49(7,59-11)24-20-25-51-38(31-54)23-19-28-53-26-17-18-27-53)66-48-43(39(52(9)10)29-32(2)61-48)65-47(58)37-21-15-14-16-22-37/h14-16,21-22,32-34,36,38-45,48,51,54,56H,13,17-20,23-31H2,1-12H3/t32-,33+,34-,36+,38-,39+,40-,41+,42+,43-,44+,45-,48?,49-,50-/m1/s1. The van der Waals surface area contributed by atoms with Crippen LogP contribution in [-0.4, -0.2) is 177 Å². The quantitative estimate of drug-likeness (QED) is 0.0778. The van der Waals surface area contributed by atoms with Crippen molar-refractivity contribution >= 4 is 17.7 Å². The molecule has 378 valence electrons. The number of hydrogen-bond donors (Lipinski definition) is 3. The summed E-state index contributed by atoms with van der Waals surface area (Å²) in [6.45, 7) is 18.1. The number of esters is 2. The van der Waals surface area contributed by atoms with Gasteiger partial charge in [0.1, 0.15) is 6.10 Å². The van der Waals surface area contributed by atoms with Gasteiger partial charge in [0.15, 0.2) is 30.6 Å². The Hall–Kier alpha value is -2.61. The fourth-order valence-electron chi connectivity index (χ4n) is 9.91. The molecular formula is C50H85N3O13. The number of carbonyl (C=O) groups is 3. The normalized spacial score (nSPS) is 29.9. The molecule has 0 radical (unpaired) electrons. The van der Waals surface area contributed by atoms with Crippen molar-refractivity contribution in [3.8, 4) is 0 Å². The Kier molecular flexibility index (Phi) is 22.4. The summed E-state index contributed by atoms with van der Waals surface area (Å²) in [5.41, 5.74) is -1.73. The van der Waals surface area contributed by atoms with E-state index in [0.717, 1.165) is 32.5 Å². The zero-order chi connectivity index (χ0) is 48.8. The van der Waals surface area contributed by atoms with Crippen molar-refractivity contribution in [1.29, 1.82) is 0 Å². The first-order chi connectivity index (χ1) is 31.3. The molecule has 0 bridgehead atoms. The van der Waals surface area contributed by atoms with Crippen molar-refractivity contribution in [1.82, 2.24) is 15.1 Å². The van der Waals surface area contributed by atoms with Crippen LogP contribution in [0.25, 0.3) is 0 Å². The van der Waals surface area contributed by atoms with Crippen LogP contribution < -0.4 is 5.32 Å². The third-order valence-electron chi connectivity index (χ3n) is 14.3. The monoisotopic (exact) mass is 936 g/mol. The molecular weight excluding hydrogens is 851 g/mol. The molecule has 66 heavy (non-hydrogen) atoms. The number of nitrogens with one attached hydrogen (secondary N) is 1. The molecule has 3 aliphatic rings. The van der Waals surface area contributed by atoms with Gasteiger partial charge < -0.3 is 63.2 Å². The van der Waals surface area contributed by atoms with Crippen LogP contribution in [0.5, 0.6) is 0 Å². The molecule has 3 fully saturated rings. The van der Waals surface area contributed by atoms with Crippen LogP contribution >= 0.6 is 0 Å². The van der Waals surface area contributed by atoms with E-state index in [1.165, 1.54) is 26.9 Å². The lowest BCUT2D eigenvalue weighted by Crippen LogP contribution is -2.61. The largest absolute Gasteiger partial charge is 0.454 e. The Morgan fingerprint density at radius 3 is 2.32 bits per heavy atom. The zero-order valence-electron chi connectivity index (χ0n) is 42.1. The molecule has 0 aromatic heterocycles. The number of aliphatic hydroxyl groups is 2. The maximum atomic E-state index is 14.2. The summed E-state index contributed by atoms with van der Waals surface area (Å²) in [7, 11) is 7.01. The van der Waals surface area contributed by atoms with Crippen molar-refractivity contribution in [2.75, 3.05) is 61.1 Å². The Morgan fingerprint density at radius 2 is 1.73 bits per heavy atom. The molecule has 1 unspecified atom stereocenters. The van der Waals surface area contributed by atoms with Crippen LogP contribution in [0.3, 0.4) is 0 Å². The molecule has 0 spiro atoms. The number of ketones is 1. The Labute approximate surface area is 395 Å². The molecule has 0 amide bonds. The van der Waals surface area contributed by atoms with Gasteiger partial charge in [-0.2, -0.15) is 0 Å². The van der Waals surface area contributed by atoms with E-state index in [0.29, 0.717) is 37.8 Å². The first kappa shape index (κ1) is 56.0. The molecule has 16 nitrogen and oxygen atoms in total. The van der Waals surface area contributed by atoms with Crippen molar-refractivity contribution in [2.24, 2.45) is 11.8 Å². The highest BCUT2D eigenvalue weighted by Crippen LogP contribution is 2.40. The highest BCUT2D eigenvalue weighted by Gasteiger charge is 2.52. The van der Waals surface area contributed by atoms with Gasteiger partial charge in [-0.05, 0) is 145 Å². The van der Waals surface area contributed by atoms with Gasteiger partial charge in [-0.3, -0.25) is 9.59 Å². The van der Waals surface area contributed by atoms with Crippen LogP contribution in [0.15, 0.2) is 30.3 Å². The molecule has 3 aliphatic heterocycles. The number of nitrogens with zero attached hydrogens (tertiary/aromatic N) is 2. The lowest BCUT2D eigenvalue weighted by atomic mass is 9.79. The number of hydrogen-bond acceptors (Lipinski definition) is 16. The SMILES string of the molecule is CC[C@@H](OC(=O)[C@H](C)[C@@H](O[C@H]1C[C@@](C)(OC)[C@@H](O)[C@H](C)O1)[C@H](C)[C@@H](OC1O[C@H](C)C[C@H](N(C)C)[C@H]1OC(=O)c1ccccc1)[C@@](C)(CCCN[C@@H](CO)CCCN1CCCC1)OC)C(C)=O. The molecule has 0 aliphatic carbocycles. The van der Waals surface area contributed by atoms with Gasteiger partial charge in [0.25, 0.3) is 0 Å². The summed E-state index contributed by atoms with van der Waals surface area (Å²) in [6, 6.07) is 8.43. The second-order valence-electron chi connectivity index (χ2n) is 19.6. The number of ether oxygens (including phenoxy) is 8. The smallest absolute Gasteiger partial charge is 0.338 e. The molecule has 4 rings (SSSR count). The minimum Gasteiger partial charge on any atom is -0.454 e. The van der Waals surface area contributed by atoms with E-state index in [1.54, 1.807) is 59.1 Å². The third-order valence-corrected chi connectivity index (χ3v) is 14.3. The maximum absolute atomic E-state index is 14.2. The molecule has 3 saturated heterocycles. The van der Waals surface area contributed by atoms with Crippen molar-refractivity contribution in [2.45, 2.75) is 192 Å². The van der Waals surface area contributed by atoms with E-state index in [4.69, 9.17) is 37.9 Å². The van der Waals surface area contributed by atoms with Crippen LogP contribution in [0.2, 0.25) is 0 Å². The van der Waals surface area contributed by atoms with E-state index in [-0.39, 0.29) is 37.0 Å². The van der Waals surface area contributed by atoms with E-state index in [2.05, 4.69) is 10.2 Å². The Morgan fingerprint density at radius 1 is 1.05 bits per heavy atom. The first-order valence-corrected chi connectivity index (χ1v) is 24.4. The molecule has 15 atom stereocenters. The molecule has 0 saturated carbocycles. The lowest BCUT2D eigenvalue weighted by molar-refractivity contribution is -0.318. The number of rotatable bonds is 27. The van der Waals surface area contributed by atoms with E-state index in [9.17, 15) is 24.6 Å². The van der Waals surface area contributed by atoms with Gasteiger partial charge in [-0.25, -0.2) is 4.79 Å². The number of aliphatic hydroxyl groups excluding tert-OH is 2.